The largest absolute Gasteiger partial charge is 0.294 e. The molecule has 0 N–H and O–H groups in total. The van der Waals surface area contributed by atoms with E-state index < -0.39 is 0 Å². The van der Waals surface area contributed by atoms with Crippen LogP contribution in [-0.4, -0.2) is 15.6 Å². The SMILES string of the molecule is C#CCCC(=O)c1cn(C)nc1C. The van der Waals surface area contributed by atoms with Crippen molar-refractivity contribution < 1.29 is 4.79 Å². The lowest BCUT2D eigenvalue weighted by molar-refractivity contribution is 0.0983. The smallest absolute Gasteiger partial charge is 0.167 e. The fourth-order valence-electron chi connectivity index (χ4n) is 1.19. The van der Waals surface area contributed by atoms with E-state index in [0.29, 0.717) is 18.4 Å². The third-order valence-corrected chi connectivity index (χ3v) is 1.81. The van der Waals surface area contributed by atoms with Crippen LogP contribution in [-0.2, 0) is 7.05 Å². The molecule has 68 valence electrons. The summed E-state index contributed by atoms with van der Waals surface area (Å²) in [6.07, 6.45) is 7.70. The molecule has 0 spiro atoms. The highest BCUT2D eigenvalue weighted by Gasteiger charge is 2.10. The number of aromatic nitrogens is 2. The lowest BCUT2D eigenvalue weighted by Crippen LogP contribution is -1.98. The maximum atomic E-state index is 11.5. The number of hydrogen-bond donors (Lipinski definition) is 0. The second-order valence-corrected chi connectivity index (χ2v) is 2.93. The van der Waals surface area contributed by atoms with Gasteiger partial charge in [-0.05, 0) is 6.92 Å². The van der Waals surface area contributed by atoms with Crippen molar-refractivity contribution in [1.29, 1.82) is 0 Å². The van der Waals surface area contributed by atoms with Crippen LogP contribution in [0.15, 0.2) is 6.20 Å². The Bertz CT molecular complexity index is 357. The van der Waals surface area contributed by atoms with Crippen molar-refractivity contribution in [2.75, 3.05) is 0 Å². The molecule has 0 unspecified atom stereocenters. The summed E-state index contributed by atoms with van der Waals surface area (Å²) in [5, 5.41) is 4.08. The Morgan fingerprint density at radius 1 is 1.77 bits per heavy atom. The molecule has 0 aromatic carbocycles. The highest BCUT2D eigenvalue weighted by atomic mass is 16.1. The van der Waals surface area contributed by atoms with Gasteiger partial charge >= 0.3 is 0 Å². The predicted molar refractivity (Wildman–Crippen MR) is 50.3 cm³/mol. The van der Waals surface area contributed by atoms with E-state index in [2.05, 4.69) is 11.0 Å². The summed E-state index contributed by atoms with van der Waals surface area (Å²) in [5.74, 6) is 2.52. The molecule has 1 heterocycles. The van der Waals surface area contributed by atoms with Crippen molar-refractivity contribution in [1.82, 2.24) is 9.78 Å². The van der Waals surface area contributed by atoms with Gasteiger partial charge in [0.25, 0.3) is 0 Å². The minimum absolute atomic E-state index is 0.0727. The van der Waals surface area contributed by atoms with Gasteiger partial charge in [-0.25, -0.2) is 0 Å². The van der Waals surface area contributed by atoms with E-state index in [0.717, 1.165) is 5.69 Å². The summed E-state index contributed by atoms with van der Waals surface area (Å²) in [5.41, 5.74) is 1.45. The average molecular weight is 176 g/mol. The quantitative estimate of drug-likeness (QED) is 0.514. The first-order valence-electron chi connectivity index (χ1n) is 4.12. The normalized spacial score (nSPS) is 9.62. The Morgan fingerprint density at radius 2 is 2.46 bits per heavy atom. The van der Waals surface area contributed by atoms with Crippen molar-refractivity contribution in [3.05, 3.63) is 17.5 Å². The van der Waals surface area contributed by atoms with E-state index in [1.807, 2.05) is 6.92 Å². The van der Waals surface area contributed by atoms with E-state index in [1.165, 1.54) is 0 Å². The van der Waals surface area contributed by atoms with Gasteiger partial charge in [0.2, 0.25) is 0 Å². The van der Waals surface area contributed by atoms with Crippen molar-refractivity contribution in [2.45, 2.75) is 19.8 Å². The molecule has 0 radical (unpaired) electrons. The molecule has 0 aliphatic carbocycles. The van der Waals surface area contributed by atoms with E-state index in [1.54, 1.807) is 17.9 Å². The second kappa shape index (κ2) is 3.90. The number of aryl methyl sites for hydroxylation is 2. The number of rotatable bonds is 3. The number of carbonyl (C=O) groups excluding carboxylic acids is 1. The van der Waals surface area contributed by atoms with Crippen molar-refractivity contribution in [3.8, 4) is 12.3 Å². The van der Waals surface area contributed by atoms with E-state index in [9.17, 15) is 4.79 Å². The lowest BCUT2D eigenvalue weighted by atomic mass is 10.1. The fraction of sp³-hybridized carbons (Fsp3) is 0.400. The summed E-state index contributed by atoms with van der Waals surface area (Å²) in [4.78, 5) is 11.5. The first-order chi connectivity index (χ1) is 6.15. The molecule has 1 rings (SSSR count). The Labute approximate surface area is 77.8 Å². The number of hydrogen-bond acceptors (Lipinski definition) is 2. The van der Waals surface area contributed by atoms with Gasteiger partial charge in [-0.3, -0.25) is 9.48 Å². The van der Waals surface area contributed by atoms with Crippen molar-refractivity contribution in [3.63, 3.8) is 0 Å². The number of carbonyl (C=O) groups is 1. The minimum atomic E-state index is 0.0727. The van der Waals surface area contributed by atoms with E-state index >= 15 is 0 Å². The Kier molecular flexibility index (Phi) is 2.86. The van der Waals surface area contributed by atoms with Crippen LogP contribution in [0.4, 0.5) is 0 Å². The van der Waals surface area contributed by atoms with E-state index in [-0.39, 0.29) is 5.78 Å². The van der Waals surface area contributed by atoms with Gasteiger partial charge in [-0.1, -0.05) is 0 Å². The van der Waals surface area contributed by atoms with Crippen molar-refractivity contribution >= 4 is 5.78 Å². The molecule has 0 saturated heterocycles. The minimum Gasteiger partial charge on any atom is -0.294 e. The summed E-state index contributed by atoms with van der Waals surface area (Å²) in [6.45, 7) is 1.82. The van der Waals surface area contributed by atoms with Crippen LogP contribution in [0.1, 0.15) is 28.9 Å². The first kappa shape index (κ1) is 9.53. The number of nitrogens with zero attached hydrogens (tertiary/aromatic N) is 2. The van der Waals surface area contributed by atoms with Gasteiger partial charge in [0, 0.05) is 26.1 Å². The van der Waals surface area contributed by atoms with Gasteiger partial charge in [0.05, 0.1) is 11.3 Å². The summed E-state index contributed by atoms with van der Waals surface area (Å²) < 4.78 is 1.64. The van der Waals surface area contributed by atoms with Crippen LogP contribution >= 0.6 is 0 Å². The van der Waals surface area contributed by atoms with Gasteiger partial charge in [-0.15, -0.1) is 12.3 Å². The molecular formula is C10H12N2O. The maximum absolute atomic E-state index is 11.5. The molecule has 13 heavy (non-hydrogen) atoms. The third-order valence-electron chi connectivity index (χ3n) is 1.81. The number of ketones is 1. The van der Waals surface area contributed by atoms with Crippen molar-refractivity contribution in [2.24, 2.45) is 7.05 Å². The third kappa shape index (κ3) is 2.19. The van der Waals surface area contributed by atoms with Gasteiger partial charge in [0.15, 0.2) is 5.78 Å². The molecule has 0 amide bonds. The second-order valence-electron chi connectivity index (χ2n) is 2.93. The number of Topliss-reactive ketones (excluding diaryl/α,β-unsaturated/α-hetero) is 1. The van der Waals surface area contributed by atoms with Crippen LogP contribution < -0.4 is 0 Å². The predicted octanol–water partition coefficient (Wildman–Crippen LogP) is 1.32. The topological polar surface area (TPSA) is 34.9 Å². The lowest BCUT2D eigenvalue weighted by Gasteiger charge is -1.93. The average Bonchev–Trinajstić information content (AvgIpc) is 2.41. The molecule has 0 atom stereocenters. The standard InChI is InChI=1S/C10H12N2O/c1-4-5-6-10(13)9-7-12(3)11-8(9)2/h1,7H,5-6H2,2-3H3. The Morgan fingerprint density at radius 3 is 2.92 bits per heavy atom. The van der Waals surface area contributed by atoms with Crippen LogP contribution in [0.25, 0.3) is 0 Å². The summed E-state index contributed by atoms with van der Waals surface area (Å²) in [6, 6.07) is 0. The highest BCUT2D eigenvalue weighted by Crippen LogP contribution is 2.08. The summed E-state index contributed by atoms with van der Waals surface area (Å²) in [7, 11) is 1.80. The summed E-state index contributed by atoms with van der Waals surface area (Å²) >= 11 is 0. The Hall–Kier alpha value is -1.56. The molecule has 0 saturated carbocycles. The molecule has 0 aliphatic heterocycles. The highest BCUT2D eigenvalue weighted by molar-refractivity contribution is 5.96. The molecule has 0 bridgehead atoms. The zero-order valence-corrected chi connectivity index (χ0v) is 7.87. The molecule has 1 aromatic heterocycles. The van der Waals surface area contributed by atoms with Crippen LogP contribution in [0.3, 0.4) is 0 Å². The first-order valence-corrected chi connectivity index (χ1v) is 4.12. The maximum Gasteiger partial charge on any atom is 0.167 e. The Balaban J connectivity index is 2.78. The zero-order valence-electron chi connectivity index (χ0n) is 7.87. The van der Waals surface area contributed by atoms with Gasteiger partial charge in [-0.2, -0.15) is 5.10 Å². The van der Waals surface area contributed by atoms with Crippen LogP contribution in [0, 0.1) is 19.3 Å². The van der Waals surface area contributed by atoms with Crippen LogP contribution in [0.5, 0.6) is 0 Å². The molecule has 1 aromatic rings. The zero-order chi connectivity index (χ0) is 9.84. The molecule has 3 heteroatoms. The fourth-order valence-corrected chi connectivity index (χ4v) is 1.19. The van der Waals surface area contributed by atoms with Gasteiger partial charge < -0.3 is 0 Å². The monoisotopic (exact) mass is 176 g/mol. The van der Waals surface area contributed by atoms with Crippen LogP contribution in [0.2, 0.25) is 0 Å². The number of terminal acetylenes is 1. The molecule has 0 aliphatic rings. The molecular weight excluding hydrogens is 164 g/mol. The van der Waals surface area contributed by atoms with Gasteiger partial charge in [0.1, 0.15) is 0 Å². The molecule has 0 fully saturated rings. The van der Waals surface area contributed by atoms with E-state index in [4.69, 9.17) is 6.42 Å². The molecule has 3 nitrogen and oxygen atoms in total.